The molecule has 1 atom stereocenters. The van der Waals surface area contributed by atoms with E-state index in [1.54, 1.807) is 25.4 Å². The molecule has 128 valence electrons. The molecule has 0 aliphatic rings. The fourth-order valence-corrected chi connectivity index (χ4v) is 2.47. The Balaban J connectivity index is 2.24. The zero-order chi connectivity index (χ0) is 18.2. The van der Waals surface area contributed by atoms with Crippen LogP contribution in [0.5, 0.6) is 0 Å². The highest BCUT2D eigenvalue weighted by atomic mass is 16.5. The summed E-state index contributed by atoms with van der Waals surface area (Å²) in [6, 6.07) is 8.26. The fraction of sp³-hybridized carbons (Fsp3) is 0.294. The molecular formula is C17H17N5O3. The number of H-pyrrole nitrogens is 1. The van der Waals surface area contributed by atoms with Gasteiger partial charge in [-0.2, -0.15) is 10.5 Å². The smallest absolute Gasteiger partial charge is 0.408 e. The molecule has 0 saturated carbocycles. The number of ether oxygens (including phenoxy) is 1. The molecular weight excluding hydrogens is 322 g/mol. The van der Waals surface area contributed by atoms with Crippen molar-refractivity contribution in [2.24, 2.45) is 0 Å². The van der Waals surface area contributed by atoms with Crippen LogP contribution in [0.15, 0.2) is 30.5 Å². The van der Waals surface area contributed by atoms with Gasteiger partial charge in [-0.15, -0.1) is 0 Å². The van der Waals surface area contributed by atoms with E-state index in [9.17, 15) is 9.59 Å². The van der Waals surface area contributed by atoms with Gasteiger partial charge in [0.05, 0.1) is 0 Å². The van der Waals surface area contributed by atoms with E-state index in [2.05, 4.69) is 15.0 Å². The van der Waals surface area contributed by atoms with Crippen molar-refractivity contribution in [2.45, 2.75) is 19.4 Å². The number of para-hydroxylation sites is 1. The maximum Gasteiger partial charge on any atom is 0.408 e. The predicted molar refractivity (Wildman–Crippen MR) is 88.9 cm³/mol. The number of hydrogen-bond donors (Lipinski definition) is 2. The minimum atomic E-state index is -0.981. The average Bonchev–Trinajstić information content (AvgIpc) is 3.03. The van der Waals surface area contributed by atoms with E-state index in [0.29, 0.717) is 0 Å². The molecule has 0 radical (unpaired) electrons. The van der Waals surface area contributed by atoms with Crippen LogP contribution in [-0.2, 0) is 16.0 Å². The number of benzene rings is 1. The SMILES string of the molecule is CCN(C#N)C(=O)C(Cc1c[nH]c2ccccc12)NC(=O)OCC#N. The summed E-state index contributed by atoms with van der Waals surface area (Å²) in [6.45, 7) is 1.43. The van der Waals surface area contributed by atoms with E-state index < -0.39 is 24.6 Å². The fourth-order valence-electron chi connectivity index (χ4n) is 2.47. The van der Waals surface area contributed by atoms with E-state index in [0.717, 1.165) is 21.4 Å². The van der Waals surface area contributed by atoms with Gasteiger partial charge in [0, 0.05) is 30.1 Å². The number of likely N-dealkylation sites (N-methyl/N-ethyl adjacent to an activating group) is 1. The monoisotopic (exact) mass is 339 g/mol. The Bertz CT molecular complexity index is 846. The molecule has 0 fully saturated rings. The van der Waals surface area contributed by atoms with Crippen LogP contribution in [0, 0.1) is 22.8 Å². The first-order valence-corrected chi connectivity index (χ1v) is 7.67. The summed E-state index contributed by atoms with van der Waals surface area (Å²) in [6.07, 6.45) is 2.86. The lowest BCUT2D eigenvalue weighted by atomic mass is 10.0. The molecule has 1 unspecified atom stereocenters. The van der Waals surface area contributed by atoms with Crippen LogP contribution in [0.25, 0.3) is 10.9 Å². The van der Waals surface area contributed by atoms with Crippen molar-refractivity contribution in [1.29, 1.82) is 10.5 Å². The Kier molecular flexibility index (Phi) is 5.97. The first kappa shape index (κ1) is 17.8. The first-order valence-electron chi connectivity index (χ1n) is 7.67. The Morgan fingerprint density at radius 3 is 2.80 bits per heavy atom. The molecule has 25 heavy (non-hydrogen) atoms. The van der Waals surface area contributed by atoms with Gasteiger partial charge in [0.25, 0.3) is 5.91 Å². The molecule has 0 bridgehead atoms. The lowest BCUT2D eigenvalue weighted by Gasteiger charge is -2.21. The van der Waals surface area contributed by atoms with Crippen molar-refractivity contribution in [3.63, 3.8) is 0 Å². The molecule has 1 aromatic heterocycles. The Labute approximate surface area is 144 Å². The van der Waals surface area contributed by atoms with E-state index >= 15 is 0 Å². The molecule has 8 heteroatoms. The topological polar surface area (TPSA) is 122 Å². The van der Waals surface area contributed by atoms with Gasteiger partial charge in [0.1, 0.15) is 12.1 Å². The van der Waals surface area contributed by atoms with Crippen molar-refractivity contribution in [3.8, 4) is 12.3 Å². The number of rotatable bonds is 6. The van der Waals surface area contributed by atoms with Crippen molar-refractivity contribution in [3.05, 3.63) is 36.0 Å². The van der Waals surface area contributed by atoms with Gasteiger partial charge in [0.2, 0.25) is 0 Å². The number of nitriles is 2. The summed E-state index contributed by atoms with van der Waals surface area (Å²) in [5, 5.41) is 20.9. The van der Waals surface area contributed by atoms with Crippen molar-refractivity contribution in [2.75, 3.05) is 13.2 Å². The number of nitrogens with zero attached hydrogens (tertiary/aromatic N) is 3. The largest absolute Gasteiger partial charge is 0.434 e. The zero-order valence-electron chi connectivity index (χ0n) is 13.7. The minimum Gasteiger partial charge on any atom is -0.434 e. The highest BCUT2D eigenvalue weighted by Crippen LogP contribution is 2.19. The second-order valence-electron chi connectivity index (χ2n) is 5.18. The summed E-state index contributed by atoms with van der Waals surface area (Å²) < 4.78 is 4.65. The summed E-state index contributed by atoms with van der Waals surface area (Å²) in [5.74, 6) is -0.538. The molecule has 1 heterocycles. The lowest BCUT2D eigenvalue weighted by molar-refractivity contribution is -0.130. The van der Waals surface area contributed by atoms with Gasteiger partial charge in [0.15, 0.2) is 12.8 Å². The zero-order valence-corrected chi connectivity index (χ0v) is 13.7. The standard InChI is InChI=1S/C17H17N5O3/c1-2-22(11-19)16(23)15(21-17(24)25-8-7-18)9-12-10-20-14-6-4-3-5-13(12)14/h3-6,10,15,20H,2,8-9H2,1H3,(H,21,24). The number of hydrogen-bond acceptors (Lipinski definition) is 5. The van der Waals surface area contributed by atoms with E-state index in [1.807, 2.05) is 24.3 Å². The third-order valence-electron chi connectivity index (χ3n) is 3.66. The molecule has 0 aliphatic heterocycles. The van der Waals surface area contributed by atoms with Gasteiger partial charge >= 0.3 is 6.09 Å². The maximum atomic E-state index is 12.5. The van der Waals surface area contributed by atoms with E-state index in [-0.39, 0.29) is 13.0 Å². The minimum absolute atomic E-state index is 0.183. The van der Waals surface area contributed by atoms with Gasteiger partial charge in [-0.25, -0.2) is 9.69 Å². The van der Waals surface area contributed by atoms with Gasteiger partial charge in [-0.3, -0.25) is 4.79 Å². The number of nitrogens with one attached hydrogen (secondary N) is 2. The molecule has 2 rings (SSSR count). The van der Waals surface area contributed by atoms with Crippen LogP contribution in [0.2, 0.25) is 0 Å². The highest BCUT2D eigenvalue weighted by Gasteiger charge is 2.27. The summed E-state index contributed by atoms with van der Waals surface area (Å²) in [7, 11) is 0. The number of amides is 2. The van der Waals surface area contributed by atoms with Crippen LogP contribution < -0.4 is 5.32 Å². The summed E-state index contributed by atoms with van der Waals surface area (Å²) >= 11 is 0. The number of fused-ring (bicyclic) bond motifs is 1. The van der Waals surface area contributed by atoms with Crippen LogP contribution >= 0.6 is 0 Å². The molecule has 2 N–H and O–H groups in total. The molecule has 1 aromatic carbocycles. The Morgan fingerprint density at radius 1 is 1.36 bits per heavy atom. The number of aromatic amines is 1. The second-order valence-corrected chi connectivity index (χ2v) is 5.18. The summed E-state index contributed by atoms with van der Waals surface area (Å²) in [5.41, 5.74) is 1.73. The van der Waals surface area contributed by atoms with Crippen molar-refractivity contribution < 1.29 is 14.3 Å². The van der Waals surface area contributed by atoms with Crippen LogP contribution in [0.3, 0.4) is 0 Å². The summed E-state index contributed by atoms with van der Waals surface area (Å²) in [4.78, 5) is 28.4. The quantitative estimate of drug-likeness (QED) is 0.612. The van der Waals surface area contributed by atoms with E-state index in [4.69, 9.17) is 10.5 Å². The predicted octanol–water partition coefficient (Wildman–Crippen LogP) is 1.66. The van der Waals surface area contributed by atoms with Gasteiger partial charge in [-0.1, -0.05) is 18.2 Å². The average molecular weight is 339 g/mol. The van der Waals surface area contributed by atoms with Crippen molar-refractivity contribution >= 4 is 22.9 Å². The molecule has 2 amide bonds. The van der Waals surface area contributed by atoms with Crippen LogP contribution in [0.1, 0.15) is 12.5 Å². The van der Waals surface area contributed by atoms with Crippen LogP contribution in [-0.4, -0.2) is 41.1 Å². The molecule has 0 spiro atoms. The molecule has 0 aliphatic carbocycles. The third-order valence-corrected chi connectivity index (χ3v) is 3.66. The molecule has 0 saturated heterocycles. The van der Waals surface area contributed by atoms with Gasteiger partial charge in [-0.05, 0) is 18.6 Å². The number of aromatic nitrogens is 1. The Hall–Kier alpha value is -3.52. The Morgan fingerprint density at radius 2 is 2.12 bits per heavy atom. The third kappa shape index (κ3) is 4.27. The van der Waals surface area contributed by atoms with E-state index in [1.165, 1.54) is 0 Å². The highest BCUT2D eigenvalue weighted by molar-refractivity contribution is 5.89. The number of carbonyl (C=O) groups excluding carboxylic acids is 2. The normalized spacial score (nSPS) is 11.2. The van der Waals surface area contributed by atoms with Gasteiger partial charge < -0.3 is 15.0 Å². The first-order chi connectivity index (χ1) is 12.1. The molecule has 8 nitrogen and oxygen atoms in total. The lowest BCUT2D eigenvalue weighted by Crippen LogP contribution is -2.48. The second kappa shape index (κ2) is 8.37. The maximum absolute atomic E-state index is 12.5. The number of carbonyl (C=O) groups is 2. The molecule has 2 aromatic rings. The van der Waals surface area contributed by atoms with Crippen molar-refractivity contribution in [1.82, 2.24) is 15.2 Å². The van der Waals surface area contributed by atoms with Crippen LogP contribution in [0.4, 0.5) is 4.79 Å². The number of alkyl carbamates (subject to hydrolysis) is 1.